The maximum Gasteiger partial charge on any atom is 0.305 e. The van der Waals surface area contributed by atoms with Crippen LogP contribution >= 0.6 is 0 Å². The molecule has 0 aliphatic carbocycles. The Balaban J connectivity index is 2.40. The Morgan fingerprint density at radius 2 is 1.15 bits per heavy atom. The van der Waals surface area contributed by atoms with E-state index in [0.29, 0.717) is 38.5 Å². The SMILES string of the molecule is CC/C=C\C/C=C\C/C=C\C/C=C\C/C=C\CCCC(=O)OCC(CCC1OC(CO)C(C)C(O)C1O)CC(=O)CCCCCCCCCCCCCCC. The minimum absolute atomic E-state index is 0.149. The number of rotatable bonds is 35. The zero-order valence-corrected chi connectivity index (χ0v) is 35.3. The fraction of sp³-hybridized carbons (Fsp3) is 0.750. The minimum Gasteiger partial charge on any atom is -0.465 e. The van der Waals surface area contributed by atoms with E-state index < -0.39 is 24.4 Å². The number of esters is 1. The molecule has 1 aliphatic heterocycles. The molecule has 1 rings (SSSR count). The Labute approximate surface area is 336 Å². The molecule has 7 nitrogen and oxygen atoms in total. The predicted octanol–water partition coefficient (Wildman–Crippen LogP) is 11.4. The molecular weight excluding hydrogens is 689 g/mol. The first-order valence-electron chi connectivity index (χ1n) is 22.4. The summed E-state index contributed by atoms with van der Waals surface area (Å²) in [6, 6.07) is 0. The summed E-state index contributed by atoms with van der Waals surface area (Å²) in [6.07, 6.45) is 43.2. The van der Waals surface area contributed by atoms with Crippen molar-refractivity contribution in [2.75, 3.05) is 13.2 Å². The highest BCUT2D eigenvalue weighted by molar-refractivity contribution is 5.78. The number of ether oxygens (including phenoxy) is 2. The summed E-state index contributed by atoms with van der Waals surface area (Å²) in [5.74, 6) is -0.664. The van der Waals surface area contributed by atoms with Crippen LogP contribution in [0.4, 0.5) is 0 Å². The van der Waals surface area contributed by atoms with Crippen molar-refractivity contribution < 1.29 is 34.4 Å². The van der Waals surface area contributed by atoms with Crippen LogP contribution < -0.4 is 0 Å². The molecule has 0 spiro atoms. The van der Waals surface area contributed by atoms with Gasteiger partial charge in [0, 0.05) is 31.1 Å². The number of ketones is 1. The van der Waals surface area contributed by atoms with Gasteiger partial charge in [0.25, 0.3) is 0 Å². The summed E-state index contributed by atoms with van der Waals surface area (Å²) in [7, 11) is 0. The van der Waals surface area contributed by atoms with E-state index in [-0.39, 0.29) is 36.8 Å². The fourth-order valence-corrected chi connectivity index (χ4v) is 7.05. The highest BCUT2D eigenvalue weighted by Crippen LogP contribution is 2.30. The third kappa shape index (κ3) is 27.8. The Morgan fingerprint density at radius 3 is 1.67 bits per heavy atom. The van der Waals surface area contributed by atoms with E-state index in [1.54, 1.807) is 6.92 Å². The number of unbranched alkanes of at least 4 members (excludes halogenated alkanes) is 13. The van der Waals surface area contributed by atoms with Crippen molar-refractivity contribution in [1.82, 2.24) is 0 Å². The lowest BCUT2D eigenvalue weighted by atomic mass is 9.85. The normalized spacial score (nSPS) is 21.2. The van der Waals surface area contributed by atoms with Gasteiger partial charge in [-0.3, -0.25) is 9.59 Å². The summed E-state index contributed by atoms with van der Waals surface area (Å²) < 4.78 is 11.6. The maximum atomic E-state index is 13.0. The molecule has 1 aliphatic rings. The van der Waals surface area contributed by atoms with E-state index in [1.165, 1.54) is 64.2 Å². The van der Waals surface area contributed by atoms with Crippen molar-refractivity contribution in [2.45, 2.75) is 206 Å². The molecule has 0 amide bonds. The zero-order valence-electron chi connectivity index (χ0n) is 35.3. The topological polar surface area (TPSA) is 113 Å². The highest BCUT2D eigenvalue weighted by Gasteiger charge is 2.41. The van der Waals surface area contributed by atoms with Gasteiger partial charge in [0.1, 0.15) is 11.9 Å². The second-order valence-electron chi connectivity index (χ2n) is 15.7. The number of carbonyl (C=O) groups excluding carboxylic acids is 2. The largest absolute Gasteiger partial charge is 0.465 e. The molecule has 7 heteroatoms. The summed E-state index contributed by atoms with van der Waals surface area (Å²) in [5, 5.41) is 30.9. The van der Waals surface area contributed by atoms with Crippen LogP contribution in [0.15, 0.2) is 60.8 Å². The predicted molar refractivity (Wildman–Crippen MR) is 229 cm³/mol. The molecule has 316 valence electrons. The van der Waals surface area contributed by atoms with E-state index in [1.807, 2.05) is 0 Å². The van der Waals surface area contributed by atoms with Crippen LogP contribution in [-0.4, -0.2) is 64.7 Å². The number of aliphatic hydroxyl groups is 3. The van der Waals surface area contributed by atoms with Gasteiger partial charge >= 0.3 is 5.97 Å². The molecule has 0 radical (unpaired) electrons. The molecule has 1 fully saturated rings. The average molecular weight is 771 g/mol. The van der Waals surface area contributed by atoms with E-state index in [2.05, 4.69) is 74.6 Å². The average Bonchev–Trinajstić information content (AvgIpc) is 3.18. The van der Waals surface area contributed by atoms with Crippen molar-refractivity contribution in [3.8, 4) is 0 Å². The van der Waals surface area contributed by atoms with Gasteiger partial charge in [-0.15, -0.1) is 0 Å². The zero-order chi connectivity index (χ0) is 40.2. The standard InChI is InChI=1S/C48H82O7/c1-4-6-8-10-12-14-16-18-19-20-21-23-25-27-29-31-33-35-46(51)54-40-42(36-37-44-48(53)47(52)41(3)45(39-49)55-44)38-43(50)34-32-30-28-26-24-22-17-15-13-11-9-7-5-2/h6,8,12,14,18-19,21,23,27,29,41-42,44-45,47-49,52-53H,4-5,7,9-11,13,15-17,20,22,24-26,28,30-40H2,1-3H3/b8-6-,14-12-,19-18-,23-21-,29-27-. The second-order valence-corrected chi connectivity index (χ2v) is 15.7. The van der Waals surface area contributed by atoms with Crippen LogP contribution in [0.2, 0.25) is 0 Å². The molecule has 6 unspecified atom stereocenters. The van der Waals surface area contributed by atoms with E-state index in [4.69, 9.17) is 9.47 Å². The van der Waals surface area contributed by atoms with Gasteiger partial charge in [-0.1, -0.05) is 159 Å². The van der Waals surface area contributed by atoms with Crippen molar-refractivity contribution in [2.24, 2.45) is 11.8 Å². The van der Waals surface area contributed by atoms with Crippen LogP contribution in [0.1, 0.15) is 181 Å². The smallest absolute Gasteiger partial charge is 0.305 e. The Kier molecular flexibility index (Phi) is 33.2. The lowest BCUT2D eigenvalue weighted by Gasteiger charge is -2.41. The Morgan fingerprint density at radius 1 is 0.636 bits per heavy atom. The fourth-order valence-electron chi connectivity index (χ4n) is 7.05. The highest BCUT2D eigenvalue weighted by atomic mass is 16.5. The summed E-state index contributed by atoms with van der Waals surface area (Å²) >= 11 is 0. The van der Waals surface area contributed by atoms with Gasteiger partial charge < -0.3 is 24.8 Å². The monoisotopic (exact) mass is 771 g/mol. The van der Waals surface area contributed by atoms with E-state index >= 15 is 0 Å². The van der Waals surface area contributed by atoms with Crippen LogP contribution in [0.5, 0.6) is 0 Å². The van der Waals surface area contributed by atoms with E-state index in [0.717, 1.165) is 57.8 Å². The van der Waals surface area contributed by atoms with Crippen LogP contribution in [0.3, 0.4) is 0 Å². The van der Waals surface area contributed by atoms with E-state index in [9.17, 15) is 24.9 Å². The van der Waals surface area contributed by atoms with Crippen LogP contribution in [0.25, 0.3) is 0 Å². The molecule has 1 heterocycles. The molecule has 6 atom stereocenters. The number of carbonyl (C=O) groups is 2. The number of hydrogen-bond acceptors (Lipinski definition) is 7. The molecule has 3 N–H and O–H groups in total. The van der Waals surface area contributed by atoms with Crippen molar-refractivity contribution in [3.05, 3.63) is 60.8 Å². The summed E-state index contributed by atoms with van der Waals surface area (Å²) in [4.78, 5) is 25.7. The molecular formula is C48H82O7. The Bertz CT molecular complexity index is 1070. The Hall–Kier alpha value is -2.32. The number of aliphatic hydroxyl groups excluding tert-OH is 3. The molecule has 55 heavy (non-hydrogen) atoms. The van der Waals surface area contributed by atoms with Gasteiger partial charge in [0.2, 0.25) is 0 Å². The number of hydrogen-bond donors (Lipinski definition) is 3. The molecule has 0 bridgehead atoms. The lowest BCUT2D eigenvalue weighted by molar-refractivity contribution is -0.206. The van der Waals surface area contributed by atoms with Gasteiger partial charge in [-0.05, 0) is 64.2 Å². The van der Waals surface area contributed by atoms with Crippen LogP contribution in [0, 0.1) is 11.8 Å². The summed E-state index contributed by atoms with van der Waals surface area (Å²) in [6.45, 7) is 6.07. The van der Waals surface area contributed by atoms with Crippen molar-refractivity contribution in [3.63, 3.8) is 0 Å². The number of allylic oxidation sites excluding steroid dienone is 10. The first-order chi connectivity index (χ1) is 26.8. The van der Waals surface area contributed by atoms with Gasteiger partial charge in [0.05, 0.1) is 31.5 Å². The first kappa shape index (κ1) is 50.7. The molecule has 0 aromatic rings. The molecule has 0 saturated carbocycles. The molecule has 0 aromatic carbocycles. The first-order valence-corrected chi connectivity index (χ1v) is 22.4. The molecule has 0 aromatic heterocycles. The second kappa shape index (κ2) is 36.0. The van der Waals surface area contributed by atoms with Gasteiger partial charge in [-0.2, -0.15) is 0 Å². The minimum atomic E-state index is -1.07. The lowest BCUT2D eigenvalue weighted by Crippen LogP contribution is -2.54. The third-order valence-corrected chi connectivity index (χ3v) is 10.7. The van der Waals surface area contributed by atoms with Crippen molar-refractivity contribution in [1.29, 1.82) is 0 Å². The van der Waals surface area contributed by atoms with Crippen molar-refractivity contribution >= 4 is 11.8 Å². The van der Waals surface area contributed by atoms with Gasteiger partial charge in [0.15, 0.2) is 0 Å². The third-order valence-electron chi connectivity index (χ3n) is 10.7. The summed E-state index contributed by atoms with van der Waals surface area (Å²) in [5.41, 5.74) is 0. The number of Topliss-reactive ketones (excluding diaryl/α,β-unsaturated/α-hetero) is 1. The quantitative estimate of drug-likeness (QED) is 0.0334. The molecule has 1 saturated heterocycles. The van der Waals surface area contributed by atoms with Crippen LogP contribution in [-0.2, 0) is 19.1 Å². The van der Waals surface area contributed by atoms with Gasteiger partial charge in [-0.25, -0.2) is 0 Å². The maximum absolute atomic E-state index is 13.0.